The van der Waals surface area contributed by atoms with E-state index in [1.807, 2.05) is 0 Å². The molecule has 1 heterocycles. The first-order valence-corrected chi connectivity index (χ1v) is 5.37. The van der Waals surface area contributed by atoms with Gasteiger partial charge in [-0.25, -0.2) is 14.8 Å². The first-order chi connectivity index (χ1) is 8.34. The third-order valence-corrected chi connectivity index (χ3v) is 2.55. The molecule has 4 N–H and O–H groups in total. The number of nitrogens with two attached hydrogens (primary N) is 1. The lowest BCUT2D eigenvalue weighted by Crippen LogP contribution is -2.40. The van der Waals surface area contributed by atoms with Crippen LogP contribution in [0.4, 0.5) is 0 Å². The van der Waals surface area contributed by atoms with Crippen molar-refractivity contribution in [2.24, 2.45) is 11.1 Å². The minimum atomic E-state index is -1.08. The summed E-state index contributed by atoms with van der Waals surface area (Å²) < 4.78 is 0. The van der Waals surface area contributed by atoms with Crippen LogP contribution in [0.15, 0.2) is 12.5 Å². The summed E-state index contributed by atoms with van der Waals surface area (Å²) in [7, 11) is 0. The number of carbonyl (C=O) groups is 2. The Hall–Kier alpha value is -2.02. The molecular weight excluding hydrogens is 236 g/mol. The van der Waals surface area contributed by atoms with Gasteiger partial charge in [0.15, 0.2) is 0 Å². The van der Waals surface area contributed by atoms with Crippen LogP contribution >= 0.6 is 0 Å². The summed E-state index contributed by atoms with van der Waals surface area (Å²) in [4.78, 5) is 29.6. The van der Waals surface area contributed by atoms with Crippen molar-refractivity contribution >= 4 is 11.9 Å². The van der Waals surface area contributed by atoms with E-state index >= 15 is 0 Å². The SMILES string of the molecule is CC(C)(CNCc1ncncc1C(=O)O)C(N)=O. The van der Waals surface area contributed by atoms with Gasteiger partial charge in [0, 0.05) is 19.3 Å². The van der Waals surface area contributed by atoms with E-state index in [0.29, 0.717) is 12.2 Å². The highest BCUT2D eigenvalue weighted by Gasteiger charge is 2.24. The highest BCUT2D eigenvalue weighted by Crippen LogP contribution is 2.12. The molecule has 0 saturated carbocycles. The third kappa shape index (κ3) is 3.49. The van der Waals surface area contributed by atoms with E-state index in [0.717, 1.165) is 0 Å². The van der Waals surface area contributed by atoms with Crippen molar-refractivity contribution in [3.05, 3.63) is 23.8 Å². The largest absolute Gasteiger partial charge is 0.478 e. The molecule has 18 heavy (non-hydrogen) atoms. The zero-order valence-corrected chi connectivity index (χ0v) is 10.3. The Morgan fingerprint density at radius 3 is 2.72 bits per heavy atom. The highest BCUT2D eigenvalue weighted by atomic mass is 16.4. The van der Waals surface area contributed by atoms with E-state index in [-0.39, 0.29) is 12.1 Å². The highest BCUT2D eigenvalue weighted by molar-refractivity contribution is 5.88. The molecule has 0 radical (unpaired) electrons. The maximum absolute atomic E-state index is 11.1. The van der Waals surface area contributed by atoms with Gasteiger partial charge < -0.3 is 16.2 Å². The van der Waals surface area contributed by atoms with Gasteiger partial charge in [0.1, 0.15) is 11.9 Å². The number of carboxylic acid groups (broad SMARTS) is 1. The molecule has 1 aromatic heterocycles. The van der Waals surface area contributed by atoms with Crippen molar-refractivity contribution in [1.82, 2.24) is 15.3 Å². The van der Waals surface area contributed by atoms with Crippen LogP contribution in [0.3, 0.4) is 0 Å². The van der Waals surface area contributed by atoms with E-state index in [2.05, 4.69) is 15.3 Å². The Morgan fingerprint density at radius 1 is 1.50 bits per heavy atom. The summed E-state index contributed by atoms with van der Waals surface area (Å²) in [5.41, 5.74) is 4.95. The molecule has 0 spiro atoms. The van der Waals surface area contributed by atoms with Crippen molar-refractivity contribution in [1.29, 1.82) is 0 Å². The van der Waals surface area contributed by atoms with Gasteiger partial charge in [-0.2, -0.15) is 0 Å². The Balaban J connectivity index is 2.65. The van der Waals surface area contributed by atoms with Gasteiger partial charge in [-0.15, -0.1) is 0 Å². The molecule has 0 unspecified atom stereocenters. The summed E-state index contributed by atoms with van der Waals surface area (Å²) >= 11 is 0. The molecule has 1 aromatic rings. The summed E-state index contributed by atoms with van der Waals surface area (Å²) in [6.45, 7) is 3.99. The fourth-order valence-corrected chi connectivity index (χ4v) is 1.25. The predicted molar refractivity (Wildman–Crippen MR) is 63.7 cm³/mol. The molecule has 1 rings (SSSR count). The monoisotopic (exact) mass is 252 g/mol. The molecule has 7 nitrogen and oxygen atoms in total. The fraction of sp³-hybridized carbons (Fsp3) is 0.455. The number of rotatable bonds is 6. The van der Waals surface area contributed by atoms with E-state index in [1.165, 1.54) is 12.5 Å². The molecule has 7 heteroatoms. The van der Waals surface area contributed by atoms with Crippen LogP contribution in [0.1, 0.15) is 29.9 Å². The van der Waals surface area contributed by atoms with Crippen LogP contribution in [0.2, 0.25) is 0 Å². The quantitative estimate of drug-likeness (QED) is 0.644. The molecule has 0 bridgehead atoms. The van der Waals surface area contributed by atoms with Gasteiger partial charge in [-0.3, -0.25) is 4.79 Å². The van der Waals surface area contributed by atoms with Gasteiger partial charge in [0.2, 0.25) is 5.91 Å². The lowest BCUT2D eigenvalue weighted by molar-refractivity contribution is -0.125. The predicted octanol–water partition coefficient (Wildman–Crippen LogP) is -0.224. The maximum atomic E-state index is 11.1. The smallest absolute Gasteiger partial charge is 0.339 e. The van der Waals surface area contributed by atoms with Crippen LogP contribution in [0, 0.1) is 5.41 Å². The normalized spacial score (nSPS) is 11.2. The third-order valence-electron chi connectivity index (χ3n) is 2.55. The van der Waals surface area contributed by atoms with Crippen LogP contribution in [-0.4, -0.2) is 33.5 Å². The number of nitrogens with one attached hydrogen (secondary N) is 1. The van der Waals surface area contributed by atoms with Crippen LogP contribution in [0.5, 0.6) is 0 Å². The first-order valence-electron chi connectivity index (χ1n) is 5.37. The van der Waals surface area contributed by atoms with E-state index in [1.54, 1.807) is 13.8 Å². The van der Waals surface area contributed by atoms with Crippen molar-refractivity contribution < 1.29 is 14.7 Å². The van der Waals surface area contributed by atoms with E-state index in [4.69, 9.17) is 10.8 Å². The summed E-state index contributed by atoms with van der Waals surface area (Å²) in [6, 6.07) is 0. The summed E-state index contributed by atoms with van der Waals surface area (Å²) in [5, 5.41) is 11.9. The molecule has 1 amide bonds. The lowest BCUT2D eigenvalue weighted by atomic mass is 9.93. The van der Waals surface area contributed by atoms with Crippen molar-refractivity contribution in [2.75, 3.05) is 6.54 Å². The topological polar surface area (TPSA) is 118 Å². The summed E-state index contributed by atoms with van der Waals surface area (Å²) in [6.07, 6.45) is 2.52. The number of amides is 1. The minimum Gasteiger partial charge on any atom is -0.478 e. The number of nitrogens with zero attached hydrogens (tertiary/aromatic N) is 2. The van der Waals surface area contributed by atoms with Crippen LogP contribution in [-0.2, 0) is 11.3 Å². The van der Waals surface area contributed by atoms with Gasteiger partial charge in [0.25, 0.3) is 0 Å². The second kappa shape index (κ2) is 5.54. The van der Waals surface area contributed by atoms with E-state index < -0.39 is 17.3 Å². The van der Waals surface area contributed by atoms with Crippen molar-refractivity contribution in [3.8, 4) is 0 Å². The second-order valence-electron chi connectivity index (χ2n) is 4.54. The number of hydrogen-bond donors (Lipinski definition) is 3. The number of carbonyl (C=O) groups excluding carboxylic acids is 1. The minimum absolute atomic E-state index is 0.0434. The molecule has 0 aromatic carbocycles. The van der Waals surface area contributed by atoms with Crippen molar-refractivity contribution in [2.45, 2.75) is 20.4 Å². The van der Waals surface area contributed by atoms with Gasteiger partial charge in [0.05, 0.1) is 11.1 Å². The number of hydrogen-bond acceptors (Lipinski definition) is 5. The molecule has 0 aliphatic rings. The number of aromatic nitrogens is 2. The number of aromatic carboxylic acids is 1. The van der Waals surface area contributed by atoms with Crippen LogP contribution in [0.25, 0.3) is 0 Å². The Kier molecular flexibility index (Phi) is 4.33. The standard InChI is InChI=1S/C11H16N4O3/c1-11(2,10(12)18)5-13-4-8-7(9(16)17)3-14-6-15-8/h3,6,13H,4-5H2,1-2H3,(H2,12,18)(H,16,17). The maximum Gasteiger partial charge on any atom is 0.339 e. The average molecular weight is 252 g/mol. The Morgan fingerprint density at radius 2 is 2.17 bits per heavy atom. The molecule has 0 fully saturated rings. The van der Waals surface area contributed by atoms with Crippen LogP contribution < -0.4 is 11.1 Å². The molecule has 0 saturated heterocycles. The fourth-order valence-electron chi connectivity index (χ4n) is 1.25. The van der Waals surface area contributed by atoms with Gasteiger partial charge in [-0.05, 0) is 13.8 Å². The molecule has 0 aliphatic heterocycles. The average Bonchev–Trinajstić information content (AvgIpc) is 2.29. The molecular formula is C11H16N4O3. The summed E-state index contributed by atoms with van der Waals surface area (Å²) in [5.74, 6) is -1.50. The molecule has 0 atom stereocenters. The van der Waals surface area contributed by atoms with Gasteiger partial charge >= 0.3 is 5.97 Å². The molecule has 98 valence electrons. The Labute approximate surface area is 104 Å². The second-order valence-corrected chi connectivity index (χ2v) is 4.54. The Bertz CT molecular complexity index is 459. The lowest BCUT2D eigenvalue weighted by Gasteiger charge is -2.20. The zero-order valence-electron chi connectivity index (χ0n) is 10.3. The number of carboxylic acids is 1. The molecule has 0 aliphatic carbocycles. The van der Waals surface area contributed by atoms with Crippen molar-refractivity contribution in [3.63, 3.8) is 0 Å². The first kappa shape index (κ1) is 14.0. The van der Waals surface area contributed by atoms with E-state index in [9.17, 15) is 9.59 Å². The zero-order chi connectivity index (χ0) is 13.8. The van der Waals surface area contributed by atoms with Gasteiger partial charge in [-0.1, -0.05) is 0 Å². The number of primary amides is 1.